The third-order valence-corrected chi connectivity index (χ3v) is 3.47. The molecule has 0 saturated carbocycles. The van der Waals surface area contributed by atoms with Gasteiger partial charge in [0.1, 0.15) is 0 Å². The Kier molecular flexibility index (Phi) is 6.02. The van der Waals surface area contributed by atoms with Gasteiger partial charge in [-0.3, -0.25) is 4.79 Å². The third-order valence-electron chi connectivity index (χ3n) is 3.47. The number of hydrogen-bond donors (Lipinski definition) is 1. The first-order chi connectivity index (χ1) is 9.77. The van der Waals surface area contributed by atoms with Crippen molar-refractivity contribution in [1.29, 1.82) is 0 Å². The molecule has 1 aliphatic rings. The van der Waals surface area contributed by atoms with Gasteiger partial charge in [-0.15, -0.1) is 0 Å². The fourth-order valence-corrected chi connectivity index (χ4v) is 2.29. The highest BCUT2D eigenvalue weighted by molar-refractivity contribution is 5.95. The molecule has 0 radical (unpaired) electrons. The van der Waals surface area contributed by atoms with Crippen molar-refractivity contribution in [2.75, 3.05) is 26.4 Å². The van der Waals surface area contributed by atoms with Crippen LogP contribution in [0, 0.1) is 6.92 Å². The number of amides is 1. The molecular weight excluding hydrogens is 254 g/mol. The average Bonchev–Trinajstić information content (AvgIpc) is 2.96. The van der Waals surface area contributed by atoms with Crippen LogP contribution in [-0.4, -0.2) is 38.4 Å². The average molecular weight is 277 g/mol. The summed E-state index contributed by atoms with van der Waals surface area (Å²) in [6, 6.07) is 7.61. The Morgan fingerprint density at radius 2 is 2.30 bits per heavy atom. The van der Waals surface area contributed by atoms with E-state index in [1.165, 1.54) is 0 Å². The number of hydrogen-bond acceptors (Lipinski definition) is 3. The Morgan fingerprint density at radius 1 is 1.45 bits per heavy atom. The number of carbonyl (C=O) groups excluding carboxylic acids is 1. The lowest BCUT2D eigenvalue weighted by atomic mass is 10.1. The van der Waals surface area contributed by atoms with E-state index in [-0.39, 0.29) is 12.0 Å². The summed E-state index contributed by atoms with van der Waals surface area (Å²) in [4.78, 5) is 11.9. The van der Waals surface area contributed by atoms with Crippen molar-refractivity contribution in [3.05, 3.63) is 35.4 Å². The van der Waals surface area contributed by atoms with Crippen LogP contribution < -0.4 is 5.32 Å². The summed E-state index contributed by atoms with van der Waals surface area (Å²) in [5.41, 5.74) is 1.74. The Bertz CT molecular complexity index is 427. The van der Waals surface area contributed by atoms with Crippen molar-refractivity contribution >= 4 is 5.91 Å². The minimum atomic E-state index is -0.0118. The monoisotopic (exact) mass is 277 g/mol. The topological polar surface area (TPSA) is 47.6 Å². The number of benzene rings is 1. The largest absolute Gasteiger partial charge is 0.379 e. The van der Waals surface area contributed by atoms with Gasteiger partial charge in [0.15, 0.2) is 0 Å². The van der Waals surface area contributed by atoms with Gasteiger partial charge in [0.25, 0.3) is 5.91 Å². The fraction of sp³-hybridized carbons (Fsp3) is 0.562. The molecule has 4 heteroatoms. The van der Waals surface area contributed by atoms with Gasteiger partial charge in [-0.25, -0.2) is 0 Å². The number of ether oxygens (including phenoxy) is 2. The van der Waals surface area contributed by atoms with Gasteiger partial charge in [0.2, 0.25) is 0 Å². The van der Waals surface area contributed by atoms with Crippen molar-refractivity contribution in [2.45, 2.75) is 32.3 Å². The lowest BCUT2D eigenvalue weighted by Crippen LogP contribution is -2.26. The Hall–Kier alpha value is -1.39. The van der Waals surface area contributed by atoms with Crippen LogP contribution in [0.3, 0.4) is 0 Å². The van der Waals surface area contributed by atoms with Crippen molar-refractivity contribution in [3.63, 3.8) is 0 Å². The van der Waals surface area contributed by atoms with Crippen LogP contribution in [0.15, 0.2) is 24.3 Å². The van der Waals surface area contributed by atoms with Crippen LogP contribution >= 0.6 is 0 Å². The number of rotatable bonds is 7. The standard InChI is InChI=1S/C16H23NO3/c1-13-6-2-3-8-15(13)16(18)17-9-5-10-19-12-14-7-4-11-20-14/h2-3,6,8,14H,4-5,7,9-12H2,1H3,(H,17,18)/t14-/m1/s1. The smallest absolute Gasteiger partial charge is 0.251 e. The normalized spacial score (nSPS) is 18.1. The molecule has 20 heavy (non-hydrogen) atoms. The first-order valence-corrected chi connectivity index (χ1v) is 7.30. The highest BCUT2D eigenvalue weighted by Gasteiger charge is 2.15. The lowest BCUT2D eigenvalue weighted by molar-refractivity contribution is 0.0166. The molecule has 1 aromatic rings. The molecule has 0 unspecified atom stereocenters. The summed E-state index contributed by atoms with van der Waals surface area (Å²) in [5.74, 6) is -0.0118. The van der Waals surface area contributed by atoms with E-state index in [1.807, 2.05) is 31.2 Å². The highest BCUT2D eigenvalue weighted by Crippen LogP contribution is 2.11. The molecule has 1 heterocycles. The van der Waals surface area contributed by atoms with Gasteiger partial charge in [-0.2, -0.15) is 0 Å². The summed E-state index contributed by atoms with van der Waals surface area (Å²) in [6.45, 7) is 4.78. The van der Waals surface area contributed by atoms with E-state index >= 15 is 0 Å². The number of nitrogens with one attached hydrogen (secondary N) is 1. The van der Waals surface area contributed by atoms with Crippen LogP contribution in [0.1, 0.15) is 35.2 Å². The summed E-state index contributed by atoms with van der Waals surface area (Å²) in [7, 11) is 0. The van der Waals surface area contributed by atoms with Gasteiger partial charge in [-0.1, -0.05) is 18.2 Å². The molecule has 2 rings (SSSR count). The predicted molar refractivity (Wildman–Crippen MR) is 77.9 cm³/mol. The molecule has 1 aliphatic heterocycles. The third kappa shape index (κ3) is 4.62. The molecular formula is C16H23NO3. The first kappa shape index (κ1) is 15.0. The molecule has 1 amide bonds. The molecule has 1 fully saturated rings. The molecule has 1 aromatic carbocycles. The SMILES string of the molecule is Cc1ccccc1C(=O)NCCCOC[C@H]1CCCO1. The second-order valence-electron chi connectivity index (χ2n) is 5.13. The van der Waals surface area contributed by atoms with E-state index in [2.05, 4.69) is 5.32 Å². The van der Waals surface area contributed by atoms with Crippen LogP contribution in [0.25, 0.3) is 0 Å². The van der Waals surface area contributed by atoms with E-state index in [0.717, 1.165) is 37.0 Å². The number of aryl methyl sites for hydroxylation is 1. The molecule has 0 bridgehead atoms. The van der Waals surface area contributed by atoms with Gasteiger partial charge in [0, 0.05) is 25.3 Å². The van der Waals surface area contributed by atoms with Crippen molar-refractivity contribution in [1.82, 2.24) is 5.32 Å². The van der Waals surface area contributed by atoms with Crippen LogP contribution in [0.4, 0.5) is 0 Å². The van der Waals surface area contributed by atoms with E-state index in [0.29, 0.717) is 19.8 Å². The van der Waals surface area contributed by atoms with Gasteiger partial charge < -0.3 is 14.8 Å². The summed E-state index contributed by atoms with van der Waals surface area (Å²) in [6.07, 6.45) is 3.34. The zero-order chi connectivity index (χ0) is 14.2. The Labute approximate surface area is 120 Å². The van der Waals surface area contributed by atoms with Crippen LogP contribution in [0.5, 0.6) is 0 Å². The second kappa shape index (κ2) is 8.02. The summed E-state index contributed by atoms with van der Waals surface area (Å²) >= 11 is 0. The minimum absolute atomic E-state index is 0.0118. The summed E-state index contributed by atoms with van der Waals surface area (Å²) < 4.78 is 11.0. The van der Waals surface area contributed by atoms with Crippen molar-refractivity contribution in [2.24, 2.45) is 0 Å². The van der Waals surface area contributed by atoms with Crippen molar-refractivity contribution < 1.29 is 14.3 Å². The van der Waals surface area contributed by atoms with E-state index in [4.69, 9.17) is 9.47 Å². The zero-order valence-electron chi connectivity index (χ0n) is 12.1. The van der Waals surface area contributed by atoms with Crippen molar-refractivity contribution in [3.8, 4) is 0 Å². The second-order valence-corrected chi connectivity index (χ2v) is 5.13. The first-order valence-electron chi connectivity index (χ1n) is 7.30. The van der Waals surface area contributed by atoms with Gasteiger partial charge in [-0.05, 0) is 37.8 Å². The van der Waals surface area contributed by atoms with E-state index in [9.17, 15) is 4.79 Å². The molecule has 0 aliphatic carbocycles. The van der Waals surface area contributed by atoms with Crippen LogP contribution in [0.2, 0.25) is 0 Å². The minimum Gasteiger partial charge on any atom is -0.379 e. The molecule has 1 N–H and O–H groups in total. The fourth-order valence-electron chi connectivity index (χ4n) is 2.29. The Morgan fingerprint density at radius 3 is 3.05 bits per heavy atom. The zero-order valence-corrected chi connectivity index (χ0v) is 12.1. The highest BCUT2D eigenvalue weighted by atomic mass is 16.5. The van der Waals surface area contributed by atoms with Gasteiger partial charge >= 0.3 is 0 Å². The van der Waals surface area contributed by atoms with E-state index in [1.54, 1.807) is 0 Å². The lowest BCUT2D eigenvalue weighted by Gasteiger charge is -2.10. The maximum absolute atomic E-state index is 11.9. The molecule has 1 atom stereocenters. The Balaban J connectivity index is 1.56. The molecule has 1 saturated heterocycles. The predicted octanol–water partition coefficient (Wildman–Crippen LogP) is 2.31. The molecule has 110 valence electrons. The number of carbonyl (C=O) groups is 1. The quantitative estimate of drug-likeness (QED) is 0.778. The van der Waals surface area contributed by atoms with Gasteiger partial charge in [0.05, 0.1) is 12.7 Å². The van der Waals surface area contributed by atoms with E-state index < -0.39 is 0 Å². The molecule has 4 nitrogen and oxygen atoms in total. The maximum atomic E-state index is 11.9. The molecule has 0 aromatic heterocycles. The molecule has 0 spiro atoms. The summed E-state index contributed by atoms with van der Waals surface area (Å²) in [5, 5.41) is 2.92. The maximum Gasteiger partial charge on any atom is 0.251 e. The van der Waals surface area contributed by atoms with Crippen LogP contribution in [-0.2, 0) is 9.47 Å².